The minimum absolute atomic E-state index is 0.668. The molecule has 0 spiro atoms. The molecule has 0 saturated carbocycles. The van der Waals surface area contributed by atoms with E-state index < -0.39 is 0 Å². The fourth-order valence-electron chi connectivity index (χ4n) is 1.67. The first-order chi connectivity index (χ1) is 8.79. The smallest absolute Gasteiger partial charge is 0.217 e. The number of aromatic nitrogens is 2. The topological polar surface area (TPSA) is 47.0 Å². The lowest BCUT2D eigenvalue weighted by atomic mass is 10.2. The van der Waals surface area contributed by atoms with E-state index in [1.54, 1.807) is 13.3 Å². The second kappa shape index (κ2) is 6.12. The van der Waals surface area contributed by atoms with Gasteiger partial charge in [-0.15, -0.1) is 0 Å². The maximum absolute atomic E-state index is 5.20. The predicted octanol–water partition coefficient (Wildman–Crippen LogP) is 2.08. The van der Waals surface area contributed by atoms with Crippen molar-refractivity contribution in [3.05, 3.63) is 53.5 Å². The molecule has 0 aliphatic carbocycles. The molecule has 18 heavy (non-hydrogen) atoms. The van der Waals surface area contributed by atoms with Crippen LogP contribution in [0, 0.1) is 6.92 Å². The third-order valence-corrected chi connectivity index (χ3v) is 2.64. The first-order valence-corrected chi connectivity index (χ1v) is 5.89. The van der Waals surface area contributed by atoms with Gasteiger partial charge in [0.15, 0.2) is 0 Å². The van der Waals surface area contributed by atoms with E-state index in [9.17, 15) is 0 Å². The number of pyridine rings is 2. The monoisotopic (exact) mass is 243 g/mol. The molecule has 0 radical (unpaired) electrons. The molecule has 0 aliphatic heterocycles. The zero-order valence-corrected chi connectivity index (χ0v) is 10.7. The number of nitrogens with one attached hydrogen (secondary N) is 1. The zero-order chi connectivity index (χ0) is 12.8. The van der Waals surface area contributed by atoms with Crippen molar-refractivity contribution in [3.8, 4) is 5.88 Å². The van der Waals surface area contributed by atoms with Crippen LogP contribution in [-0.4, -0.2) is 17.1 Å². The highest BCUT2D eigenvalue weighted by molar-refractivity contribution is 5.25. The molecule has 2 aromatic rings. The van der Waals surface area contributed by atoms with Gasteiger partial charge >= 0.3 is 0 Å². The molecule has 4 nitrogen and oxygen atoms in total. The van der Waals surface area contributed by atoms with E-state index >= 15 is 0 Å². The van der Waals surface area contributed by atoms with Gasteiger partial charge in [0.2, 0.25) is 5.88 Å². The van der Waals surface area contributed by atoms with Crippen molar-refractivity contribution >= 4 is 0 Å². The quantitative estimate of drug-likeness (QED) is 0.873. The molecule has 0 fully saturated rings. The van der Waals surface area contributed by atoms with Gasteiger partial charge in [0, 0.05) is 31.0 Å². The maximum Gasteiger partial charge on any atom is 0.217 e. The number of rotatable bonds is 5. The molecular formula is C14H17N3O. The Balaban J connectivity index is 1.90. The summed E-state index contributed by atoms with van der Waals surface area (Å²) in [6, 6.07) is 8.00. The molecule has 0 bridgehead atoms. The van der Waals surface area contributed by atoms with Gasteiger partial charge in [-0.05, 0) is 24.6 Å². The van der Waals surface area contributed by atoms with Crippen LogP contribution in [0.3, 0.4) is 0 Å². The molecule has 0 aliphatic rings. The highest BCUT2D eigenvalue weighted by Crippen LogP contribution is 2.12. The largest absolute Gasteiger partial charge is 0.481 e. The second-order valence-corrected chi connectivity index (χ2v) is 4.10. The van der Waals surface area contributed by atoms with E-state index in [1.165, 1.54) is 5.56 Å². The summed E-state index contributed by atoms with van der Waals surface area (Å²) in [5, 5.41) is 3.33. The lowest BCUT2D eigenvalue weighted by Gasteiger charge is -2.08. The molecule has 0 atom stereocenters. The number of methoxy groups -OCH3 is 1. The Kier molecular flexibility index (Phi) is 4.25. The van der Waals surface area contributed by atoms with Crippen LogP contribution in [0.25, 0.3) is 0 Å². The Morgan fingerprint density at radius 2 is 2.06 bits per heavy atom. The van der Waals surface area contributed by atoms with Gasteiger partial charge in [0.25, 0.3) is 0 Å². The van der Waals surface area contributed by atoms with Gasteiger partial charge in [-0.1, -0.05) is 12.1 Å². The molecule has 94 valence electrons. The van der Waals surface area contributed by atoms with Gasteiger partial charge in [-0.25, -0.2) is 4.98 Å². The third kappa shape index (κ3) is 3.28. The van der Waals surface area contributed by atoms with Crippen molar-refractivity contribution in [3.63, 3.8) is 0 Å². The Labute approximate surface area is 107 Å². The van der Waals surface area contributed by atoms with E-state index in [-0.39, 0.29) is 0 Å². The molecule has 1 N–H and O–H groups in total. The van der Waals surface area contributed by atoms with Crippen LogP contribution in [0.2, 0.25) is 0 Å². The molecule has 0 unspecified atom stereocenters. The lowest BCUT2D eigenvalue weighted by Crippen LogP contribution is -2.14. The summed E-state index contributed by atoms with van der Waals surface area (Å²) in [6.45, 7) is 3.48. The molecule has 2 rings (SSSR count). The van der Waals surface area contributed by atoms with Gasteiger partial charge in [0.05, 0.1) is 12.8 Å². The van der Waals surface area contributed by atoms with Gasteiger partial charge in [0.1, 0.15) is 0 Å². The fraction of sp³-hybridized carbons (Fsp3) is 0.286. The van der Waals surface area contributed by atoms with E-state index in [4.69, 9.17) is 4.74 Å². The normalized spacial score (nSPS) is 10.3. The maximum atomic E-state index is 5.20. The van der Waals surface area contributed by atoms with Crippen LogP contribution >= 0.6 is 0 Å². The van der Waals surface area contributed by atoms with Crippen molar-refractivity contribution in [2.75, 3.05) is 7.11 Å². The summed E-state index contributed by atoms with van der Waals surface area (Å²) in [7, 11) is 1.63. The Morgan fingerprint density at radius 1 is 1.17 bits per heavy atom. The molecule has 2 aromatic heterocycles. The number of aryl methyl sites for hydroxylation is 1. The average Bonchev–Trinajstić information content (AvgIpc) is 2.41. The van der Waals surface area contributed by atoms with E-state index in [1.807, 2.05) is 31.3 Å². The van der Waals surface area contributed by atoms with Crippen LogP contribution in [0.1, 0.15) is 16.8 Å². The van der Waals surface area contributed by atoms with E-state index in [0.717, 1.165) is 17.8 Å². The summed E-state index contributed by atoms with van der Waals surface area (Å²) >= 11 is 0. The van der Waals surface area contributed by atoms with Crippen molar-refractivity contribution in [1.29, 1.82) is 0 Å². The van der Waals surface area contributed by atoms with Crippen molar-refractivity contribution < 1.29 is 4.74 Å². The molecule has 2 heterocycles. The molecule has 4 heteroatoms. The first kappa shape index (κ1) is 12.5. The Hall–Kier alpha value is -1.94. The Morgan fingerprint density at radius 3 is 2.78 bits per heavy atom. The van der Waals surface area contributed by atoms with Crippen LogP contribution in [0.5, 0.6) is 5.88 Å². The number of nitrogens with zero attached hydrogens (tertiary/aromatic N) is 2. The highest BCUT2D eigenvalue weighted by atomic mass is 16.5. The van der Waals surface area contributed by atoms with E-state index in [2.05, 4.69) is 21.4 Å². The summed E-state index contributed by atoms with van der Waals surface area (Å²) in [5.74, 6) is 0.668. The predicted molar refractivity (Wildman–Crippen MR) is 70.3 cm³/mol. The van der Waals surface area contributed by atoms with Crippen molar-refractivity contribution in [2.24, 2.45) is 0 Å². The number of hydrogen-bond acceptors (Lipinski definition) is 4. The molecular weight excluding hydrogens is 226 g/mol. The van der Waals surface area contributed by atoms with Crippen molar-refractivity contribution in [1.82, 2.24) is 15.3 Å². The van der Waals surface area contributed by atoms with Crippen LogP contribution in [-0.2, 0) is 13.1 Å². The fourth-order valence-corrected chi connectivity index (χ4v) is 1.67. The van der Waals surface area contributed by atoms with Gasteiger partial charge in [-0.2, -0.15) is 0 Å². The summed E-state index contributed by atoms with van der Waals surface area (Å²) in [6.07, 6.45) is 3.60. The second-order valence-electron chi connectivity index (χ2n) is 4.10. The SMILES string of the molecule is COc1ncccc1CNCc1ccc(C)cn1. The van der Waals surface area contributed by atoms with Crippen molar-refractivity contribution in [2.45, 2.75) is 20.0 Å². The summed E-state index contributed by atoms with van der Waals surface area (Å²) in [5.41, 5.74) is 3.25. The standard InChI is InChI=1S/C14H17N3O/c1-11-5-6-13(17-8-11)10-15-9-12-4-3-7-16-14(12)18-2/h3-8,15H,9-10H2,1-2H3. The molecule has 0 aromatic carbocycles. The number of hydrogen-bond donors (Lipinski definition) is 1. The minimum Gasteiger partial charge on any atom is -0.481 e. The Bertz CT molecular complexity index is 497. The van der Waals surface area contributed by atoms with Gasteiger partial charge in [-0.3, -0.25) is 4.98 Å². The van der Waals surface area contributed by atoms with Crippen LogP contribution < -0.4 is 10.1 Å². The van der Waals surface area contributed by atoms with Crippen LogP contribution in [0.4, 0.5) is 0 Å². The summed E-state index contributed by atoms with van der Waals surface area (Å²) < 4.78 is 5.20. The molecule has 0 amide bonds. The highest BCUT2D eigenvalue weighted by Gasteiger charge is 2.02. The lowest BCUT2D eigenvalue weighted by molar-refractivity contribution is 0.390. The number of ether oxygens (including phenoxy) is 1. The first-order valence-electron chi connectivity index (χ1n) is 5.89. The average molecular weight is 243 g/mol. The third-order valence-electron chi connectivity index (χ3n) is 2.64. The summed E-state index contributed by atoms with van der Waals surface area (Å²) in [4.78, 5) is 8.50. The molecule has 0 saturated heterocycles. The van der Waals surface area contributed by atoms with E-state index in [0.29, 0.717) is 12.4 Å². The van der Waals surface area contributed by atoms with Gasteiger partial charge < -0.3 is 10.1 Å². The minimum atomic E-state index is 0.668. The van der Waals surface area contributed by atoms with Crippen LogP contribution in [0.15, 0.2) is 36.7 Å². The zero-order valence-electron chi connectivity index (χ0n) is 10.7.